The van der Waals surface area contributed by atoms with Gasteiger partial charge in [-0.05, 0) is 148 Å². The minimum atomic E-state index is -2.47. The summed E-state index contributed by atoms with van der Waals surface area (Å²) in [4.78, 5) is 128. The molecule has 706 valence electrons. The summed E-state index contributed by atoms with van der Waals surface area (Å²) in [6.07, 6.45) is 16.9. The number of esters is 1. The Morgan fingerprint density at radius 2 is 1.52 bits per heavy atom. The van der Waals surface area contributed by atoms with Crippen LogP contribution >= 0.6 is 0 Å². The number of amides is 4. The van der Waals surface area contributed by atoms with Gasteiger partial charge in [0.1, 0.15) is 53.5 Å². The second-order valence-electron chi connectivity index (χ2n) is 35.8. The summed E-state index contributed by atoms with van der Waals surface area (Å²) in [6.45, 7) is 16.6. The predicted molar refractivity (Wildman–Crippen MR) is 489 cm³/mol. The number of methoxy groups -OCH3 is 3. The third-order valence-electron chi connectivity index (χ3n) is 26.3. The van der Waals surface area contributed by atoms with E-state index in [0.29, 0.717) is 172 Å². The number of aliphatic hydroxyl groups is 4. The van der Waals surface area contributed by atoms with Crippen molar-refractivity contribution in [3.05, 3.63) is 137 Å². The number of ketones is 1. The topological polar surface area (TPSA) is 497 Å². The summed E-state index contributed by atoms with van der Waals surface area (Å²) in [6, 6.07) is 10.6. The Morgan fingerprint density at radius 3 is 2.27 bits per heavy atom. The van der Waals surface area contributed by atoms with Crippen molar-refractivity contribution >= 4 is 92.8 Å². The summed E-state index contributed by atoms with van der Waals surface area (Å²) in [7, 11) is 4.59. The number of carbonyl (C=O) groups excluding carboxylic acids is 6. The summed E-state index contributed by atoms with van der Waals surface area (Å²) >= 11 is 0. The average molecular weight is 1810 g/mol. The molecule has 12 N–H and O–H groups in total. The van der Waals surface area contributed by atoms with Gasteiger partial charge in [-0.25, -0.2) is 34.4 Å². The predicted octanol–water partition coefficient (Wildman–Crippen LogP) is 7.46. The molecule has 37 heteroatoms. The van der Waals surface area contributed by atoms with Crippen LogP contribution < -0.4 is 37.6 Å². The number of Topliss-reactive ketones (excluding diaryl/α,β-unsaturated/α-hetero) is 1. The van der Waals surface area contributed by atoms with Gasteiger partial charge in [0.25, 0.3) is 29.5 Å². The number of piperidine rings is 1. The van der Waals surface area contributed by atoms with E-state index in [4.69, 9.17) is 60.0 Å². The molecule has 0 unspecified atom stereocenters. The van der Waals surface area contributed by atoms with Crippen LogP contribution in [0.1, 0.15) is 165 Å². The number of carbonyl (C=O) groups is 6. The molecule has 2 bridgehead atoms. The summed E-state index contributed by atoms with van der Waals surface area (Å²) in [5.41, 5.74) is 27.2. The zero-order valence-electron chi connectivity index (χ0n) is 76.5. The SMILES string of the molecule is CO[C@H]1C[C@@H]2CC[C@@H](C)[C@@](O)(O2)C(=O)C(=O)N2CCCC[C@H]2C(=O)O[C@H]([C@H](C)C[C@@H]2CC[C@@H](O)[C@H](OC)C2)C[C@@H](O)[C@H](C)/C=C(\C)[C@@H](O)[C@@H](OC)C(=NOCC(=O)NCc2cnc(N3CCN(c4ncc(C(=O)NCCOCCC(=O)N5CCc6cc(Cn7nc(-c8ccc9oc(N)nc9c8)c8c(N)ncnc87)ccc6C5)c(N)n4)CC3)nc2)[C@H](C)C[C@H](C)/C=C/C=CC=C1C. The molecule has 6 aliphatic rings. The molecule has 4 fully saturated rings. The number of nitrogens with one attached hydrogen (secondary N) is 2. The van der Waals surface area contributed by atoms with Gasteiger partial charge in [-0.3, -0.25) is 24.0 Å². The zero-order chi connectivity index (χ0) is 93.3. The van der Waals surface area contributed by atoms with Crippen LogP contribution in [-0.2, 0) is 83.3 Å². The van der Waals surface area contributed by atoms with E-state index in [-0.39, 0.29) is 106 Å². The van der Waals surface area contributed by atoms with Crippen molar-refractivity contribution in [3.63, 3.8) is 0 Å². The maximum Gasteiger partial charge on any atom is 0.329 e. The van der Waals surface area contributed by atoms with Crippen LogP contribution in [0.4, 0.5) is 29.5 Å². The summed E-state index contributed by atoms with van der Waals surface area (Å²) < 4.78 is 43.5. The minimum absolute atomic E-state index is 0.0127. The molecular weight excluding hydrogens is 1680 g/mol. The number of nitrogens with two attached hydrogens (primary N) is 3. The quantitative estimate of drug-likeness (QED) is 0.00985. The number of oxazole rings is 1. The standard InChI is InChI=1S/C94H127N19O18/c1-54-16-12-11-13-17-55(2)74(124-8)44-67-24-19-60(7)94(123,131-67)84(119)89(121)112-30-15-14-18-70(112)90(122)129-75(57(4)40-61-21-25-71(114)76(42-61)125-9)45-72(115)56(3)39-59(6)82(118)83(126-10)80(58(5)38-54)108-128-52-77(116)99-46-63-47-100-92(101-48-63)109-32-34-110(35-33-109)93-102-49-68(85(95)106-93)88(120)98-29-37-127-36-28-78(117)111-31-27-64-41-62(20-22-66(64)51-111)50-113-87-79(86(96)103-53-104-87)81(107-113)65-23-26-73-69(43-65)105-91(97)130-73/h11-13,16-17,20,22-23,26,39,41,43,47-49,53-54,56-58,60-61,67,70-72,74-76,82-83,114-115,118,123H,14-15,18-19,21,24-25,27-38,40,42,44-46,50-52H2,1-10H3,(H2,97,105)(H,98,120)(H,99,116)(H2,95,102,106)(H2,96,103,104)/b13-11?,16-12+,55-17?,59-39+,108-80?/t54-,56-,57-,58-,60-,61+,67+,70+,71-,72-,74+,75+,76-,82-,83+,94-/m1/s1. The Hall–Kier alpha value is -11.3. The Balaban J connectivity index is 0.577. The number of fused-ring (bicyclic) bond motifs is 6. The maximum atomic E-state index is 14.8. The third-order valence-corrected chi connectivity index (χ3v) is 26.3. The first-order chi connectivity index (χ1) is 63.0. The zero-order valence-corrected chi connectivity index (χ0v) is 76.5. The van der Waals surface area contributed by atoms with Gasteiger partial charge < -0.3 is 106 Å². The lowest BCUT2D eigenvalue weighted by molar-refractivity contribution is -0.265. The first-order valence-corrected chi connectivity index (χ1v) is 45.5. The lowest BCUT2D eigenvalue weighted by Crippen LogP contribution is -2.61. The number of rotatable bonds is 23. The fourth-order valence-corrected chi connectivity index (χ4v) is 18.5. The highest BCUT2D eigenvalue weighted by Gasteiger charge is 2.53. The molecule has 5 aromatic heterocycles. The molecule has 10 heterocycles. The molecule has 1 aliphatic carbocycles. The number of cyclic esters (lactones) is 1. The minimum Gasteiger partial charge on any atom is -0.460 e. The van der Waals surface area contributed by atoms with Crippen LogP contribution in [0.15, 0.2) is 118 Å². The Labute approximate surface area is 762 Å². The lowest BCUT2D eigenvalue weighted by atomic mass is 9.78. The van der Waals surface area contributed by atoms with Gasteiger partial charge in [0.15, 0.2) is 17.8 Å². The number of aliphatic hydroxyl groups excluding tert-OH is 3. The number of piperazine rings is 1. The van der Waals surface area contributed by atoms with Crippen LogP contribution in [0.5, 0.6) is 0 Å². The third kappa shape index (κ3) is 24.2. The molecule has 131 heavy (non-hydrogen) atoms. The normalized spacial score (nSPS) is 27.4. The number of hydrogen-bond acceptors (Lipinski definition) is 32. The number of allylic oxidation sites excluding steroid dienone is 5. The molecule has 2 aromatic carbocycles. The van der Waals surface area contributed by atoms with E-state index in [9.17, 15) is 49.2 Å². The number of benzene rings is 2. The highest BCUT2D eigenvalue weighted by Crippen LogP contribution is 2.40. The van der Waals surface area contributed by atoms with Crippen LogP contribution in [0.25, 0.3) is 33.4 Å². The highest BCUT2D eigenvalue weighted by molar-refractivity contribution is 6.39. The second kappa shape index (κ2) is 44.8. The molecule has 13 rings (SSSR count). The first-order valence-electron chi connectivity index (χ1n) is 45.5. The Bertz CT molecular complexity index is 5310. The number of oxime groups is 1. The van der Waals surface area contributed by atoms with Crippen molar-refractivity contribution in [2.45, 2.75) is 219 Å². The van der Waals surface area contributed by atoms with Gasteiger partial charge >= 0.3 is 5.97 Å². The Morgan fingerprint density at radius 1 is 0.748 bits per heavy atom. The molecule has 37 nitrogen and oxygen atoms in total. The van der Waals surface area contributed by atoms with Crippen LogP contribution in [0, 0.1) is 35.5 Å². The van der Waals surface area contributed by atoms with Crippen LogP contribution in [0.2, 0.25) is 0 Å². The number of anilines is 5. The lowest BCUT2D eigenvalue weighted by Gasteiger charge is -2.43. The first kappa shape index (κ1) is 97.2. The molecule has 0 spiro atoms. The van der Waals surface area contributed by atoms with E-state index in [1.807, 2.05) is 102 Å². The summed E-state index contributed by atoms with van der Waals surface area (Å²) in [5, 5.41) is 63.3. The van der Waals surface area contributed by atoms with Crippen molar-refractivity contribution in [1.82, 2.24) is 65.1 Å². The van der Waals surface area contributed by atoms with Gasteiger partial charge in [-0.1, -0.05) is 94.4 Å². The van der Waals surface area contributed by atoms with Crippen molar-refractivity contribution in [2.24, 2.45) is 40.7 Å². The van der Waals surface area contributed by atoms with E-state index in [1.165, 1.54) is 24.5 Å². The monoisotopic (exact) mass is 1810 g/mol. The van der Waals surface area contributed by atoms with Crippen molar-refractivity contribution in [1.29, 1.82) is 0 Å². The van der Waals surface area contributed by atoms with Gasteiger partial charge in [0.2, 0.25) is 23.6 Å². The molecule has 5 aliphatic heterocycles. The molecule has 16 atom stereocenters. The molecule has 7 aromatic rings. The van der Waals surface area contributed by atoms with Crippen molar-refractivity contribution in [2.75, 3.05) is 114 Å². The smallest absolute Gasteiger partial charge is 0.329 e. The van der Waals surface area contributed by atoms with Crippen molar-refractivity contribution in [3.8, 4) is 11.3 Å². The summed E-state index contributed by atoms with van der Waals surface area (Å²) in [5.74, 6) is -7.37. The fourth-order valence-electron chi connectivity index (χ4n) is 18.5. The van der Waals surface area contributed by atoms with Gasteiger partial charge in [-0.15, -0.1) is 0 Å². The fraction of sp³-hybridized carbons (Fsp3) is 0.564. The second-order valence-corrected chi connectivity index (χ2v) is 35.8. The van der Waals surface area contributed by atoms with E-state index in [0.717, 1.165) is 27.8 Å². The molecule has 0 radical (unpaired) electrons. The van der Waals surface area contributed by atoms with Crippen molar-refractivity contribution < 1.29 is 86.9 Å². The number of ether oxygens (including phenoxy) is 6. The van der Waals surface area contributed by atoms with E-state index in [1.54, 1.807) is 59.5 Å². The van der Waals surface area contributed by atoms with Gasteiger partial charge in [0, 0.05) is 141 Å². The maximum absolute atomic E-state index is 14.8. The van der Waals surface area contributed by atoms with E-state index >= 15 is 0 Å². The van der Waals surface area contributed by atoms with Crippen LogP contribution in [-0.4, -0.2) is 264 Å². The van der Waals surface area contributed by atoms with Crippen LogP contribution in [0.3, 0.4) is 0 Å². The number of nitrogens with zero attached hydrogens (tertiary/aromatic N) is 14. The van der Waals surface area contributed by atoms with Gasteiger partial charge in [0.05, 0.1) is 73.4 Å². The number of nitrogen functional groups attached to an aromatic ring is 3. The largest absolute Gasteiger partial charge is 0.460 e. The molecule has 1 saturated carbocycles. The number of aromatic nitrogens is 9. The molecular formula is C94H127N19O18. The van der Waals surface area contributed by atoms with E-state index < -0.39 is 108 Å². The van der Waals surface area contributed by atoms with Gasteiger partial charge in [-0.2, -0.15) is 15.1 Å². The highest BCUT2D eigenvalue weighted by atomic mass is 16.6. The average Bonchev–Trinajstić information content (AvgIpc) is 1.34. The van der Waals surface area contributed by atoms with E-state index in [2.05, 4.69) is 56.7 Å². The number of hydrogen-bond donors (Lipinski definition) is 9. The molecule has 4 amide bonds. The molecule has 3 saturated heterocycles. The Kier molecular flexibility index (Phi) is 33.2.